The second kappa shape index (κ2) is 3.88. The van der Waals surface area contributed by atoms with Crippen LogP contribution in [-0.4, -0.2) is 15.4 Å². The van der Waals surface area contributed by atoms with Gasteiger partial charge in [-0.25, -0.2) is 9.78 Å². The van der Waals surface area contributed by atoms with Gasteiger partial charge in [0, 0.05) is 24.8 Å². The van der Waals surface area contributed by atoms with Gasteiger partial charge in [0.1, 0.15) is 0 Å². The molecule has 1 aromatic rings. The molecular formula is C6H6BrClN2O. The molecule has 0 bridgehead atoms. The number of aryl methyl sites for hydroxylation is 1. The molecule has 60 valence electrons. The Morgan fingerprint density at radius 1 is 1.73 bits per heavy atom. The molecule has 0 saturated heterocycles. The molecule has 0 unspecified atom stereocenters. The Bertz CT molecular complexity index is 299. The molecule has 1 rings (SSSR count). The normalized spacial score (nSPS) is 10.0. The third-order valence-electron chi connectivity index (χ3n) is 1.15. The van der Waals surface area contributed by atoms with E-state index in [1.807, 2.05) is 0 Å². The molecular weight excluding hydrogens is 231 g/mol. The molecule has 3 nitrogen and oxygen atoms in total. The fraction of sp³-hybridized carbons (Fsp3) is 0.333. The maximum atomic E-state index is 10.9. The summed E-state index contributed by atoms with van der Waals surface area (Å²) in [5.74, 6) is 0.415. The van der Waals surface area contributed by atoms with Crippen molar-refractivity contribution in [1.82, 2.24) is 9.55 Å². The Balaban J connectivity index is 3.03. The van der Waals surface area contributed by atoms with Gasteiger partial charge in [-0.15, -0.1) is 11.6 Å². The molecule has 0 aromatic carbocycles. The first-order chi connectivity index (χ1) is 5.24. The van der Waals surface area contributed by atoms with Crippen LogP contribution in [0, 0.1) is 0 Å². The minimum atomic E-state index is -0.270. The Labute approximate surface area is 77.1 Å². The second-order valence-electron chi connectivity index (χ2n) is 1.94. The molecule has 0 atom stereocenters. The molecule has 0 N–H and O–H groups in total. The van der Waals surface area contributed by atoms with Gasteiger partial charge >= 0.3 is 5.69 Å². The lowest BCUT2D eigenvalue weighted by molar-refractivity contribution is 0.700. The molecule has 1 aromatic heterocycles. The zero-order valence-electron chi connectivity index (χ0n) is 5.63. The number of alkyl halides is 1. The standard InChI is InChI=1S/C6H6BrClN2O/c7-5-3-9-6(11)10(4-5)2-1-8/h3-4H,1-2H2. The van der Waals surface area contributed by atoms with Crippen LogP contribution in [-0.2, 0) is 6.54 Å². The Hall–Kier alpha value is -0.350. The van der Waals surface area contributed by atoms with Crippen LogP contribution in [0.1, 0.15) is 0 Å². The third kappa shape index (κ3) is 2.31. The molecule has 0 radical (unpaired) electrons. The van der Waals surface area contributed by atoms with E-state index >= 15 is 0 Å². The maximum Gasteiger partial charge on any atom is 0.347 e. The lowest BCUT2D eigenvalue weighted by atomic mass is 10.6. The fourth-order valence-corrected chi connectivity index (χ4v) is 1.21. The lowest BCUT2D eigenvalue weighted by Crippen LogP contribution is -2.22. The monoisotopic (exact) mass is 236 g/mol. The molecule has 0 fully saturated rings. The van der Waals surface area contributed by atoms with Crippen LogP contribution in [0.15, 0.2) is 21.7 Å². The van der Waals surface area contributed by atoms with Crippen molar-refractivity contribution >= 4 is 27.5 Å². The first-order valence-corrected chi connectivity index (χ1v) is 4.35. The highest BCUT2D eigenvalue weighted by Gasteiger charge is 1.95. The summed E-state index contributed by atoms with van der Waals surface area (Å²) in [6.45, 7) is 0.493. The van der Waals surface area contributed by atoms with Gasteiger partial charge in [-0.3, -0.25) is 4.57 Å². The number of hydrogen-bond donors (Lipinski definition) is 0. The van der Waals surface area contributed by atoms with Crippen molar-refractivity contribution < 1.29 is 0 Å². The Morgan fingerprint density at radius 3 is 3.09 bits per heavy atom. The van der Waals surface area contributed by atoms with Gasteiger partial charge in [-0.1, -0.05) is 0 Å². The SMILES string of the molecule is O=c1ncc(Br)cn1CCCl. The van der Waals surface area contributed by atoms with Crippen LogP contribution in [0.4, 0.5) is 0 Å². The summed E-state index contributed by atoms with van der Waals surface area (Å²) in [4.78, 5) is 14.5. The largest absolute Gasteiger partial charge is 0.347 e. The van der Waals surface area contributed by atoms with Crippen molar-refractivity contribution in [2.24, 2.45) is 0 Å². The van der Waals surface area contributed by atoms with Crippen molar-refractivity contribution in [2.75, 3.05) is 5.88 Å². The summed E-state index contributed by atoms with van der Waals surface area (Å²) in [5, 5.41) is 0. The summed E-state index contributed by atoms with van der Waals surface area (Å²) in [5.41, 5.74) is -0.270. The molecule has 0 aliphatic carbocycles. The summed E-state index contributed by atoms with van der Waals surface area (Å²) < 4.78 is 2.24. The van der Waals surface area contributed by atoms with E-state index in [1.54, 1.807) is 6.20 Å². The summed E-state index contributed by atoms with van der Waals surface area (Å²) in [7, 11) is 0. The van der Waals surface area contributed by atoms with E-state index in [1.165, 1.54) is 10.8 Å². The van der Waals surface area contributed by atoms with Crippen LogP contribution in [0.3, 0.4) is 0 Å². The van der Waals surface area contributed by atoms with Crippen molar-refractivity contribution in [3.05, 3.63) is 27.4 Å². The average molecular weight is 237 g/mol. The third-order valence-corrected chi connectivity index (χ3v) is 1.73. The highest BCUT2D eigenvalue weighted by molar-refractivity contribution is 9.10. The predicted molar refractivity (Wildman–Crippen MR) is 46.9 cm³/mol. The number of rotatable bonds is 2. The van der Waals surface area contributed by atoms with Gasteiger partial charge in [0.05, 0.1) is 4.47 Å². The van der Waals surface area contributed by atoms with Crippen LogP contribution >= 0.6 is 27.5 Å². The van der Waals surface area contributed by atoms with E-state index < -0.39 is 0 Å². The van der Waals surface area contributed by atoms with Crippen LogP contribution < -0.4 is 5.69 Å². The topological polar surface area (TPSA) is 34.9 Å². The molecule has 5 heteroatoms. The Morgan fingerprint density at radius 2 is 2.45 bits per heavy atom. The molecule has 1 heterocycles. The predicted octanol–water partition coefficient (Wildman–Crippen LogP) is 1.24. The van der Waals surface area contributed by atoms with Gasteiger partial charge in [0.2, 0.25) is 0 Å². The summed E-state index contributed by atoms with van der Waals surface area (Å²) in [6, 6.07) is 0. The zero-order chi connectivity index (χ0) is 8.27. The zero-order valence-corrected chi connectivity index (χ0v) is 7.97. The van der Waals surface area contributed by atoms with E-state index in [2.05, 4.69) is 20.9 Å². The number of aromatic nitrogens is 2. The van der Waals surface area contributed by atoms with Gasteiger partial charge < -0.3 is 0 Å². The van der Waals surface area contributed by atoms with E-state index in [0.29, 0.717) is 12.4 Å². The fourth-order valence-electron chi connectivity index (χ4n) is 0.680. The van der Waals surface area contributed by atoms with Gasteiger partial charge in [-0.05, 0) is 15.9 Å². The van der Waals surface area contributed by atoms with Crippen molar-refractivity contribution in [1.29, 1.82) is 0 Å². The number of halogens is 2. The summed E-state index contributed by atoms with van der Waals surface area (Å²) in [6.07, 6.45) is 3.13. The molecule has 0 aliphatic rings. The van der Waals surface area contributed by atoms with Crippen LogP contribution in [0.5, 0.6) is 0 Å². The Kier molecular flexibility index (Phi) is 3.08. The second-order valence-corrected chi connectivity index (χ2v) is 3.23. The van der Waals surface area contributed by atoms with Crippen molar-refractivity contribution in [2.45, 2.75) is 6.54 Å². The quantitative estimate of drug-likeness (QED) is 0.726. The molecule has 0 aliphatic heterocycles. The molecule has 11 heavy (non-hydrogen) atoms. The first kappa shape index (κ1) is 8.74. The van der Waals surface area contributed by atoms with E-state index in [9.17, 15) is 4.79 Å². The molecule has 0 saturated carbocycles. The van der Waals surface area contributed by atoms with Crippen LogP contribution in [0.2, 0.25) is 0 Å². The first-order valence-electron chi connectivity index (χ1n) is 3.02. The average Bonchev–Trinajstić information content (AvgIpc) is 1.98. The molecule has 0 spiro atoms. The van der Waals surface area contributed by atoms with E-state index in [0.717, 1.165) is 4.47 Å². The van der Waals surface area contributed by atoms with Crippen molar-refractivity contribution in [3.8, 4) is 0 Å². The highest BCUT2D eigenvalue weighted by Crippen LogP contribution is 2.02. The minimum absolute atomic E-state index is 0.270. The van der Waals surface area contributed by atoms with Crippen molar-refractivity contribution in [3.63, 3.8) is 0 Å². The number of nitrogens with zero attached hydrogens (tertiary/aromatic N) is 2. The van der Waals surface area contributed by atoms with Crippen LogP contribution in [0.25, 0.3) is 0 Å². The van der Waals surface area contributed by atoms with E-state index in [4.69, 9.17) is 11.6 Å². The lowest BCUT2D eigenvalue weighted by Gasteiger charge is -2.00. The smallest absolute Gasteiger partial charge is 0.297 e. The van der Waals surface area contributed by atoms with E-state index in [-0.39, 0.29) is 5.69 Å². The van der Waals surface area contributed by atoms with Gasteiger partial charge in [0.15, 0.2) is 0 Å². The number of hydrogen-bond acceptors (Lipinski definition) is 2. The summed E-state index contributed by atoms with van der Waals surface area (Å²) >= 11 is 8.66. The maximum absolute atomic E-state index is 10.9. The highest BCUT2D eigenvalue weighted by atomic mass is 79.9. The minimum Gasteiger partial charge on any atom is -0.297 e. The van der Waals surface area contributed by atoms with Gasteiger partial charge in [-0.2, -0.15) is 0 Å². The van der Waals surface area contributed by atoms with Gasteiger partial charge in [0.25, 0.3) is 0 Å². The molecule has 0 amide bonds.